The van der Waals surface area contributed by atoms with Crippen LogP contribution in [-0.4, -0.2) is 21.9 Å². The van der Waals surface area contributed by atoms with Gasteiger partial charge in [-0.3, -0.25) is 9.79 Å². The highest BCUT2D eigenvalue weighted by molar-refractivity contribution is 8.16. The second-order valence-corrected chi connectivity index (χ2v) is 7.93. The highest BCUT2D eigenvalue weighted by Gasteiger charge is 2.46. The molecule has 1 N–H and O–H groups in total. The fourth-order valence-electron chi connectivity index (χ4n) is 2.37. The third-order valence-corrected chi connectivity index (χ3v) is 6.26. The third kappa shape index (κ3) is 2.80. The number of nitrogens with one attached hydrogen (secondary N) is 1. The van der Waals surface area contributed by atoms with Crippen molar-refractivity contribution in [1.82, 2.24) is 5.32 Å². The molecule has 1 heterocycles. The van der Waals surface area contributed by atoms with Gasteiger partial charge in [-0.2, -0.15) is 0 Å². The number of thioether (sulfide) groups is 1. The second-order valence-electron chi connectivity index (χ2n) is 6.49. The molecule has 5 heteroatoms. The Bertz CT molecular complexity index is 540. The summed E-state index contributed by atoms with van der Waals surface area (Å²) in [7, 11) is 0. The van der Waals surface area contributed by atoms with E-state index < -0.39 is 10.2 Å². The van der Waals surface area contributed by atoms with E-state index in [4.69, 9.17) is 0 Å². The number of rotatable bonds is 3. The van der Waals surface area contributed by atoms with Crippen molar-refractivity contribution in [2.24, 2.45) is 16.3 Å². The molecule has 1 fully saturated rings. The summed E-state index contributed by atoms with van der Waals surface area (Å²) in [6.45, 7) is 9.75. The van der Waals surface area contributed by atoms with Gasteiger partial charge in [0.25, 0.3) is 0 Å². The van der Waals surface area contributed by atoms with Gasteiger partial charge in [-0.05, 0) is 32.3 Å². The monoisotopic (exact) mass is 310 g/mol. The summed E-state index contributed by atoms with van der Waals surface area (Å²) in [5.74, 6) is 0.0382. The maximum atomic E-state index is 14.2. The number of carbonyl (C=O) groups is 1. The van der Waals surface area contributed by atoms with E-state index >= 15 is 0 Å². The minimum absolute atomic E-state index is 0.0156. The number of allylic oxidation sites excluding steroid dienone is 3. The zero-order valence-corrected chi connectivity index (χ0v) is 14.1. The molecule has 1 aliphatic carbocycles. The lowest BCUT2D eigenvalue weighted by atomic mass is 9.77. The van der Waals surface area contributed by atoms with E-state index in [0.717, 1.165) is 0 Å². The largest absolute Gasteiger partial charge is 0.304 e. The van der Waals surface area contributed by atoms with Crippen LogP contribution in [0, 0.1) is 11.3 Å². The predicted molar refractivity (Wildman–Crippen MR) is 86.9 cm³/mol. The molecule has 2 aliphatic rings. The maximum Gasteiger partial charge on any atom is 0.242 e. The van der Waals surface area contributed by atoms with E-state index in [1.807, 2.05) is 40.7 Å². The summed E-state index contributed by atoms with van der Waals surface area (Å²) in [6.07, 6.45) is 5.81. The van der Waals surface area contributed by atoms with E-state index in [1.54, 1.807) is 6.08 Å². The lowest BCUT2D eigenvalue weighted by molar-refractivity contribution is -0.122. The molecule has 0 aromatic rings. The molecule has 3 atom stereocenters. The van der Waals surface area contributed by atoms with Crippen LogP contribution < -0.4 is 5.32 Å². The van der Waals surface area contributed by atoms with Crippen LogP contribution in [0.1, 0.15) is 41.0 Å². The lowest BCUT2D eigenvalue weighted by Gasteiger charge is -2.32. The van der Waals surface area contributed by atoms with Gasteiger partial charge < -0.3 is 5.32 Å². The lowest BCUT2D eigenvalue weighted by Crippen LogP contribution is -2.38. The number of carbonyl (C=O) groups excluding carboxylic acids is 1. The summed E-state index contributed by atoms with van der Waals surface area (Å²) in [6, 6.07) is -0.240. The van der Waals surface area contributed by atoms with E-state index in [0.29, 0.717) is 11.6 Å². The van der Waals surface area contributed by atoms with Gasteiger partial charge in [0.2, 0.25) is 5.91 Å². The van der Waals surface area contributed by atoms with Crippen LogP contribution in [0.25, 0.3) is 0 Å². The van der Waals surface area contributed by atoms with Gasteiger partial charge in [0.1, 0.15) is 10.6 Å². The molecular weight excluding hydrogens is 287 g/mol. The molecule has 0 bridgehead atoms. The van der Waals surface area contributed by atoms with Gasteiger partial charge in [0.05, 0.1) is 6.04 Å². The van der Waals surface area contributed by atoms with Crippen molar-refractivity contribution in [3.05, 3.63) is 24.1 Å². The van der Waals surface area contributed by atoms with E-state index in [9.17, 15) is 9.18 Å². The average molecular weight is 310 g/mol. The Kier molecular flexibility index (Phi) is 4.34. The highest BCUT2D eigenvalue weighted by atomic mass is 32.2. The molecule has 1 saturated heterocycles. The fraction of sp³-hybridized carbons (Fsp3) is 0.625. The molecule has 0 saturated carbocycles. The number of nitrogens with zero attached hydrogens (tertiary/aromatic N) is 1. The summed E-state index contributed by atoms with van der Waals surface area (Å²) in [4.78, 5) is 16.7. The average Bonchev–Trinajstić information content (AvgIpc) is 2.69. The molecule has 21 heavy (non-hydrogen) atoms. The first-order valence-corrected chi connectivity index (χ1v) is 8.13. The van der Waals surface area contributed by atoms with Crippen molar-refractivity contribution < 1.29 is 9.18 Å². The van der Waals surface area contributed by atoms with Gasteiger partial charge in [-0.15, -0.1) is 0 Å². The first-order valence-electron chi connectivity index (χ1n) is 7.31. The van der Waals surface area contributed by atoms with Gasteiger partial charge in [-0.1, -0.05) is 44.7 Å². The van der Waals surface area contributed by atoms with Crippen molar-refractivity contribution >= 4 is 22.8 Å². The van der Waals surface area contributed by atoms with Crippen molar-refractivity contribution in [3.8, 4) is 0 Å². The molecule has 1 aliphatic heterocycles. The van der Waals surface area contributed by atoms with E-state index in [1.165, 1.54) is 17.8 Å². The Morgan fingerprint density at radius 2 is 2.05 bits per heavy atom. The molecule has 0 spiro atoms. The number of aliphatic imine (C=N–C) groups is 1. The van der Waals surface area contributed by atoms with Gasteiger partial charge in [-0.25, -0.2) is 4.39 Å². The maximum absolute atomic E-state index is 14.2. The Hall–Kier alpha value is -1.10. The van der Waals surface area contributed by atoms with Gasteiger partial charge in [0, 0.05) is 5.41 Å². The normalized spacial score (nSPS) is 36.0. The molecule has 2 rings (SSSR count). The van der Waals surface area contributed by atoms with Crippen LogP contribution in [0.15, 0.2) is 29.0 Å². The molecule has 0 aromatic carbocycles. The summed E-state index contributed by atoms with van der Waals surface area (Å²) in [5, 5.41) is 3.45. The second kappa shape index (κ2) is 5.59. The van der Waals surface area contributed by atoms with Gasteiger partial charge >= 0.3 is 0 Å². The molecule has 0 aromatic heterocycles. The topological polar surface area (TPSA) is 41.5 Å². The van der Waals surface area contributed by atoms with Crippen molar-refractivity contribution in [3.63, 3.8) is 0 Å². The van der Waals surface area contributed by atoms with Crippen molar-refractivity contribution in [2.75, 3.05) is 0 Å². The van der Waals surface area contributed by atoms with Crippen LogP contribution in [0.3, 0.4) is 0 Å². The van der Waals surface area contributed by atoms with Crippen LogP contribution in [0.2, 0.25) is 0 Å². The SMILES string of the molecule is CC(C)C1(C)SC(=N[C@H](C)C2(C)CC=CC=C2F)NC1=O. The van der Waals surface area contributed by atoms with E-state index in [2.05, 4.69) is 10.3 Å². The zero-order chi connectivity index (χ0) is 15.8. The van der Waals surface area contributed by atoms with Gasteiger partial charge in [0.15, 0.2) is 5.17 Å². The first-order chi connectivity index (χ1) is 9.70. The van der Waals surface area contributed by atoms with Crippen LogP contribution in [0.4, 0.5) is 4.39 Å². The molecule has 3 nitrogen and oxygen atoms in total. The Morgan fingerprint density at radius 1 is 1.38 bits per heavy atom. The van der Waals surface area contributed by atoms with Crippen molar-refractivity contribution in [2.45, 2.75) is 51.8 Å². The number of hydrogen-bond acceptors (Lipinski definition) is 3. The quantitative estimate of drug-likeness (QED) is 0.861. The Labute approximate surface area is 130 Å². The van der Waals surface area contributed by atoms with Crippen molar-refractivity contribution in [1.29, 1.82) is 0 Å². The molecule has 1 amide bonds. The standard InChI is InChI=1S/C16H23FN2OS/c1-10(2)16(5)13(20)19-14(21-16)18-11(3)15(4)9-7-6-8-12(15)17/h6-8,10-11H,9H2,1-5H3,(H,18,19,20)/t11-,15?,16?/m1/s1. The minimum atomic E-state index is -0.635. The smallest absolute Gasteiger partial charge is 0.242 e. The van der Waals surface area contributed by atoms with Crippen LogP contribution >= 0.6 is 11.8 Å². The predicted octanol–water partition coefficient (Wildman–Crippen LogP) is 3.83. The summed E-state index contributed by atoms with van der Waals surface area (Å²) >= 11 is 1.45. The molecule has 116 valence electrons. The van der Waals surface area contributed by atoms with Crippen LogP contribution in [-0.2, 0) is 4.79 Å². The highest BCUT2D eigenvalue weighted by Crippen LogP contribution is 2.42. The third-order valence-electron chi connectivity index (χ3n) is 4.78. The van der Waals surface area contributed by atoms with Crippen LogP contribution in [0.5, 0.6) is 0 Å². The zero-order valence-electron chi connectivity index (χ0n) is 13.2. The molecule has 0 radical (unpaired) electrons. The Morgan fingerprint density at radius 3 is 2.57 bits per heavy atom. The molecular formula is C16H23FN2OS. The number of amidine groups is 1. The number of halogens is 1. The number of amides is 1. The Balaban J connectivity index is 2.20. The minimum Gasteiger partial charge on any atom is -0.304 e. The fourth-order valence-corrected chi connectivity index (χ4v) is 3.51. The molecule has 2 unspecified atom stereocenters. The van der Waals surface area contributed by atoms with E-state index in [-0.39, 0.29) is 23.7 Å². The summed E-state index contributed by atoms with van der Waals surface area (Å²) in [5.41, 5.74) is -0.635. The summed E-state index contributed by atoms with van der Waals surface area (Å²) < 4.78 is 13.7. The first kappa shape index (κ1) is 16.3. The number of hydrogen-bond donors (Lipinski definition) is 1.